The lowest BCUT2D eigenvalue weighted by Gasteiger charge is -2.22. The van der Waals surface area contributed by atoms with Gasteiger partial charge in [0.1, 0.15) is 23.8 Å². The second-order valence-corrected chi connectivity index (χ2v) is 7.28. The molecule has 1 amide bonds. The maximum absolute atomic E-state index is 12.2. The molecule has 3 heterocycles. The van der Waals surface area contributed by atoms with Crippen LogP contribution in [0.5, 0.6) is 5.88 Å². The van der Waals surface area contributed by atoms with Crippen LogP contribution in [-0.4, -0.2) is 43.3 Å². The molecule has 0 aromatic carbocycles. The molecule has 3 aromatic heterocycles. The second kappa shape index (κ2) is 8.36. The molecular weight excluding hydrogens is 374 g/mol. The van der Waals surface area contributed by atoms with Crippen LogP contribution in [0.25, 0.3) is 11.3 Å². The zero-order valence-electron chi connectivity index (χ0n) is 16.8. The number of aromatic nitrogens is 4. The number of pyridine rings is 1. The maximum atomic E-state index is 12.2. The highest BCUT2D eigenvalue weighted by Gasteiger charge is 2.21. The van der Waals surface area contributed by atoms with Crippen LogP contribution in [0.3, 0.4) is 0 Å². The molecule has 9 nitrogen and oxygen atoms in total. The highest BCUT2D eigenvalue weighted by atomic mass is 16.5. The van der Waals surface area contributed by atoms with Crippen LogP contribution >= 0.6 is 0 Å². The molecule has 152 valence electrons. The zero-order valence-corrected chi connectivity index (χ0v) is 16.8. The molecule has 0 bridgehead atoms. The molecule has 0 aliphatic carbocycles. The van der Waals surface area contributed by atoms with E-state index in [4.69, 9.17) is 9.26 Å². The number of carbonyl (C=O) groups excluding carboxylic acids is 1. The van der Waals surface area contributed by atoms with Gasteiger partial charge in [0.25, 0.3) is 5.91 Å². The Morgan fingerprint density at radius 2 is 1.97 bits per heavy atom. The summed E-state index contributed by atoms with van der Waals surface area (Å²) in [4.78, 5) is 24.6. The number of hydrogen-bond donors (Lipinski definition) is 2. The van der Waals surface area contributed by atoms with Crippen molar-refractivity contribution in [3.05, 3.63) is 53.4 Å². The van der Waals surface area contributed by atoms with Crippen molar-refractivity contribution in [1.82, 2.24) is 25.4 Å². The first-order chi connectivity index (χ1) is 13.8. The molecule has 0 radical (unpaired) electrons. The zero-order chi connectivity index (χ0) is 21.0. The van der Waals surface area contributed by atoms with E-state index in [0.29, 0.717) is 11.5 Å². The standard InChI is InChI=1S/C20H23N5O4/c1-12-5-6-14(7-21-12)18-15(13(2)29-25-18)10-28-17-9-22-16(8-23-17)19(27)24-20(3,4)11-26/h5-9,26H,10-11H2,1-4H3,(H,24,27). The smallest absolute Gasteiger partial charge is 0.271 e. The minimum absolute atomic E-state index is 0.131. The fourth-order valence-electron chi connectivity index (χ4n) is 2.46. The Morgan fingerprint density at radius 1 is 1.17 bits per heavy atom. The van der Waals surface area contributed by atoms with Gasteiger partial charge in [-0.25, -0.2) is 9.97 Å². The quantitative estimate of drug-likeness (QED) is 0.622. The molecule has 0 saturated heterocycles. The Kier molecular flexibility index (Phi) is 5.88. The predicted molar refractivity (Wildman–Crippen MR) is 104 cm³/mol. The molecule has 0 atom stereocenters. The number of carbonyl (C=O) groups is 1. The molecule has 0 aliphatic heterocycles. The SMILES string of the molecule is Cc1ccc(-c2noc(C)c2COc2cnc(C(=O)NC(C)(C)CO)cn2)cn1. The van der Waals surface area contributed by atoms with E-state index in [1.165, 1.54) is 12.4 Å². The molecular formula is C20H23N5O4. The van der Waals surface area contributed by atoms with Gasteiger partial charge < -0.3 is 19.7 Å². The van der Waals surface area contributed by atoms with E-state index in [1.54, 1.807) is 27.0 Å². The van der Waals surface area contributed by atoms with Crippen LogP contribution in [0.1, 0.15) is 41.4 Å². The van der Waals surface area contributed by atoms with Crippen molar-refractivity contribution in [2.24, 2.45) is 0 Å². The van der Waals surface area contributed by atoms with Gasteiger partial charge in [-0.2, -0.15) is 0 Å². The molecule has 0 saturated carbocycles. The molecule has 3 rings (SSSR count). The molecule has 0 unspecified atom stereocenters. The van der Waals surface area contributed by atoms with Gasteiger partial charge in [0.15, 0.2) is 0 Å². The van der Waals surface area contributed by atoms with Crippen molar-refractivity contribution in [2.45, 2.75) is 39.8 Å². The Balaban J connectivity index is 1.69. The van der Waals surface area contributed by atoms with Crippen LogP contribution in [-0.2, 0) is 6.61 Å². The number of aliphatic hydroxyl groups is 1. The van der Waals surface area contributed by atoms with Crippen molar-refractivity contribution in [2.75, 3.05) is 6.61 Å². The van der Waals surface area contributed by atoms with Crippen LogP contribution in [0.15, 0.2) is 35.2 Å². The predicted octanol–water partition coefficient (Wildman–Crippen LogP) is 2.22. The number of ether oxygens (including phenoxy) is 1. The van der Waals surface area contributed by atoms with E-state index in [0.717, 1.165) is 16.8 Å². The molecule has 0 spiro atoms. The first-order valence-corrected chi connectivity index (χ1v) is 9.05. The summed E-state index contributed by atoms with van der Waals surface area (Å²) in [7, 11) is 0. The summed E-state index contributed by atoms with van der Waals surface area (Å²) in [5, 5.41) is 16.0. The highest BCUT2D eigenvalue weighted by molar-refractivity contribution is 5.92. The van der Waals surface area contributed by atoms with E-state index in [-0.39, 0.29) is 24.8 Å². The second-order valence-electron chi connectivity index (χ2n) is 7.28. The van der Waals surface area contributed by atoms with Crippen molar-refractivity contribution in [3.8, 4) is 17.1 Å². The summed E-state index contributed by atoms with van der Waals surface area (Å²) in [6.07, 6.45) is 4.43. The molecule has 0 aliphatic rings. The van der Waals surface area contributed by atoms with Crippen molar-refractivity contribution < 1.29 is 19.2 Å². The number of amides is 1. The third-order valence-corrected chi connectivity index (χ3v) is 4.24. The van der Waals surface area contributed by atoms with Gasteiger partial charge in [-0.15, -0.1) is 0 Å². The lowest BCUT2D eigenvalue weighted by atomic mass is 10.1. The summed E-state index contributed by atoms with van der Waals surface area (Å²) < 4.78 is 11.0. The Labute approximate surface area is 168 Å². The lowest BCUT2D eigenvalue weighted by Crippen LogP contribution is -2.46. The molecule has 2 N–H and O–H groups in total. The molecule has 29 heavy (non-hydrogen) atoms. The largest absolute Gasteiger partial charge is 0.471 e. The average molecular weight is 397 g/mol. The van der Waals surface area contributed by atoms with E-state index in [9.17, 15) is 9.90 Å². The van der Waals surface area contributed by atoms with Gasteiger partial charge in [0.05, 0.1) is 30.1 Å². The summed E-state index contributed by atoms with van der Waals surface area (Å²) in [6.45, 7) is 7.12. The average Bonchev–Trinajstić information content (AvgIpc) is 3.07. The summed E-state index contributed by atoms with van der Waals surface area (Å²) in [6, 6.07) is 3.82. The van der Waals surface area contributed by atoms with Gasteiger partial charge in [-0.05, 0) is 39.8 Å². The van der Waals surface area contributed by atoms with E-state index >= 15 is 0 Å². The number of aryl methyl sites for hydroxylation is 2. The van der Waals surface area contributed by atoms with Crippen LogP contribution in [0, 0.1) is 13.8 Å². The Morgan fingerprint density at radius 3 is 2.59 bits per heavy atom. The summed E-state index contributed by atoms with van der Waals surface area (Å²) in [5.41, 5.74) is 2.56. The van der Waals surface area contributed by atoms with Gasteiger partial charge in [-0.1, -0.05) is 5.16 Å². The minimum atomic E-state index is -0.749. The number of nitrogens with one attached hydrogen (secondary N) is 1. The fourth-order valence-corrected chi connectivity index (χ4v) is 2.46. The number of rotatable bonds is 7. The van der Waals surface area contributed by atoms with Gasteiger partial charge in [0.2, 0.25) is 5.88 Å². The Hall–Kier alpha value is -3.33. The summed E-state index contributed by atoms with van der Waals surface area (Å²) in [5.74, 6) is 0.472. The summed E-state index contributed by atoms with van der Waals surface area (Å²) >= 11 is 0. The third-order valence-electron chi connectivity index (χ3n) is 4.24. The van der Waals surface area contributed by atoms with Crippen LogP contribution in [0.2, 0.25) is 0 Å². The maximum Gasteiger partial charge on any atom is 0.271 e. The van der Waals surface area contributed by atoms with Crippen LogP contribution < -0.4 is 10.1 Å². The molecule has 0 fully saturated rings. The third kappa shape index (κ3) is 4.94. The highest BCUT2D eigenvalue weighted by Crippen LogP contribution is 2.25. The molecule has 9 heteroatoms. The normalized spacial score (nSPS) is 11.3. The van der Waals surface area contributed by atoms with E-state index < -0.39 is 11.4 Å². The number of nitrogens with zero attached hydrogens (tertiary/aromatic N) is 4. The van der Waals surface area contributed by atoms with Gasteiger partial charge >= 0.3 is 0 Å². The van der Waals surface area contributed by atoms with Gasteiger partial charge in [-0.3, -0.25) is 9.78 Å². The fraction of sp³-hybridized carbons (Fsp3) is 0.350. The van der Waals surface area contributed by atoms with E-state index in [2.05, 4.69) is 25.4 Å². The number of hydrogen-bond acceptors (Lipinski definition) is 8. The van der Waals surface area contributed by atoms with E-state index in [1.807, 2.05) is 19.1 Å². The van der Waals surface area contributed by atoms with Crippen molar-refractivity contribution >= 4 is 5.91 Å². The van der Waals surface area contributed by atoms with Crippen molar-refractivity contribution in [3.63, 3.8) is 0 Å². The van der Waals surface area contributed by atoms with Gasteiger partial charge in [0, 0.05) is 17.5 Å². The first kappa shape index (κ1) is 20.4. The topological polar surface area (TPSA) is 123 Å². The monoisotopic (exact) mass is 397 g/mol. The first-order valence-electron chi connectivity index (χ1n) is 9.05. The minimum Gasteiger partial charge on any atom is -0.471 e. The van der Waals surface area contributed by atoms with Crippen LogP contribution in [0.4, 0.5) is 0 Å². The Bertz CT molecular complexity index is 981. The lowest BCUT2D eigenvalue weighted by molar-refractivity contribution is 0.0863. The molecule has 3 aromatic rings. The number of aliphatic hydroxyl groups excluding tert-OH is 1. The van der Waals surface area contributed by atoms with Crippen molar-refractivity contribution in [1.29, 1.82) is 0 Å².